The van der Waals surface area contributed by atoms with Crippen molar-refractivity contribution in [3.05, 3.63) is 54.0 Å². The first-order valence-electron chi connectivity index (χ1n) is 15.2. The molecule has 14 heteroatoms. The van der Waals surface area contributed by atoms with Gasteiger partial charge in [-0.25, -0.2) is 31.3 Å². The highest BCUT2D eigenvalue weighted by Crippen LogP contribution is 2.48. The Bertz CT molecular complexity index is 2070. The van der Waals surface area contributed by atoms with Crippen molar-refractivity contribution in [2.45, 2.75) is 56.3 Å². The molecule has 6 rings (SSSR count). The molecular formula is C29H30F3N7O3S. The van der Waals surface area contributed by atoms with E-state index in [1.165, 1.54) is 36.3 Å². The molecule has 0 aliphatic heterocycles. The van der Waals surface area contributed by atoms with E-state index in [0.717, 1.165) is 12.5 Å². The zero-order valence-electron chi connectivity index (χ0n) is 26.6. The first-order valence-corrected chi connectivity index (χ1v) is 15.6. The van der Waals surface area contributed by atoms with E-state index in [1.54, 1.807) is 17.6 Å². The van der Waals surface area contributed by atoms with Crippen molar-refractivity contribution < 1.29 is 30.4 Å². The van der Waals surface area contributed by atoms with E-state index in [2.05, 4.69) is 25.3 Å². The zero-order valence-corrected chi connectivity index (χ0v) is 24.4. The van der Waals surface area contributed by atoms with Gasteiger partial charge in [-0.15, -0.1) is 5.10 Å². The number of aromatic nitrogens is 7. The van der Waals surface area contributed by atoms with Gasteiger partial charge in [0.15, 0.2) is 9.84 Å². The lowest BCUT2D eigenvalue weighted by molar-refractivity contribution is -0.0495. The Balaban J connectivity index is 1.78. The Labute approximate surface area is 250 Å². The molecule has 0 saturated heterocycles. The molecular weight excluding hydrogens is 583 g/mol. The number of sulfone groups is 1. The molecule has 0 amide bonds. The summed E-state index contributed by atoms with van der Waals surface area (Å²) in [5.74, 6) is -4.14. The summed E-state index contributed by atoms with van der Waals surface area (Å²) in [4.78, 5) is 13.1. The van der Waals surface area contributed by atoms with Crippen molar-refractivity contribution in [3.63, 3.8) is 0 Å². The van der Waals surface area contributed by atoms with Crippen LogP contribution in [0.5, 0.6) is 5.88 Å². The summed E-state index contributed by atoms with van der Waals surface area (Å²) in [7, 11) is -2.47. The topological polar surface area (TPSA) is 118 Å². The van der Waals surface area contributed by atoms with Gasteiger partial charge in [0.2, 0.25) is 11.8 Å². The van der Waals surface area contributed by atoms with Crippen LogP contribution >= 0.6 is 0 Å². The van der Waals surface area contributed by atoms with Crippen LogP contribution in [0.4, 0.5) is 13.2 Å². The van der Waals surface area contributed by atoms with Crippen molar-refractivity contribution >= 4 is 31.8 Å². The number of pyridine rings is 3. The molecule has 0 bridgehead atoms. The van der Waals surface area contributed by atoms with Crippen LogP contribution in [0, 0.1) is 18.6 Å². The maximum Gasteiger partial charge on any atom is 0.248 e. The lowest BCUT2D eigenvalue weighted by Gasteiger charge is -2.35. The molecule has 0 radical (unpaired) electrons. The maximum atomic E-state index is 15.7. The van der Waals surface area contributed by atoms with Crippen LogP contribution in [0.15, 0.2) is 41.7 Å². The smallest absolute Gasteiger partial charge is 0.248 e. The Hall–Kier alpha value is -4.07. The molecule has 1 atom stereocenters. The monoisotopic (exact) mass is 616 g/mol. The van der Waals surface area contributed by atoms with Gasteiger partial charge in [-0.1, -0.05) is 5.21 Å². The van der Waals surface area contributed by atoms with Gasteiger partial charge in [0.05, 0.1) is 52.3 Å². The first-order chi connectivity index (χ1) is 21.6. The van der Waals surface area contributed by atoms with Gasteiger partial charge in [-0.3, -0.25) is 9.97 Å². The zero-order chi connectivity index (χ0) is 33.2. The standard InChI is InChI=1S/C29H30F3N7O3S/c1-5-42-28-22-24-20(13-18(14-34-24)25-16(2)36-37-38(25)3)39(27(22)21(15-35-28)43(4,40)41)26(23-19(30)7-6-12-33-23)17-8-10-29(31,32)11-9-17/h6-7,12-15,17,26H,5,8-11H2,1-4H3/i2D3. The fourth-order valence-electron chi connectivity index (χ4n) is 6.04. The molecule has 0 aromatic carbocycles. The minimum Gasteiger partial charge on any atom is -0.477 e. The lowest BCUT2D eigenvalue weighted by Crippen LogP contribution is -2.31. The van der Waals surface area contributed by atoms with Crippen LogP contribution in [-0.2, 0) is 16.9 Å². The minimum atomic E-state index is -3.99. The number of fused-ring (bicyclic) bond motifs is 3. The molecule has 1 fully saturated rings. The maximum absolute atomic E-state index is 15.7. The second-order valence-electron chi connectivity index (χ2n) is 10.7. The van der Waals surface area contributed by atoms with Crippen molar-refractivity contribution in [1.29, 1.82) is 0 Å². The van der Waals surface area contributed by atoms with Crippen LogP contribution in [0.2, 0.25) is 0 Å². The molecule has 5 aromatic heterocycles. The predicted molar refractivity (Wildman–Crippen MR) is 153 cm³/mol. The fraction of sp³-hybridized carbons (Fsp3) is 0.414. The van der Waals surface area contributed by atoms with Crippen molar-refractivity contribution in [1.82, 2.24) is 34.5 Å². The largest absolute Gasteiger partial charge is 0.477 e. The number of alkyl halides is 2. The fourth-order valence-corrected chi connectivity index (χ4v) is 6.83. The van der Waals surface area contributed by atoms with Crippen LogP contribution in [-0.4, -0.2) is 61.7 Å². The number of hydrogen-bond acceptors (Lipinski definition) is 8. The van der Waals surface area contributed by atoms with E-state index in [1.807, 2.05) is 0 Å². The van der Waals surface area contributed by atoms with Gasteiger partial charge in [-0.05, 0) is 50.7 Å². The Morgan fingerprint density at radius 1 is 1.21 bits per heavy atom. The molecule has 1 aliphatic rings. The van der Waals surface area contributed by atoms with Crippen LogP contribution < -0.4 is 4.74 Å². The van der Waals surface area contributed by atoms with Crippen LogP contribution in [0.25, 0.3) is 33.2 Å². The van der Waals surface area contributed by atoms with Crippen LogP contribution in [0.1, 0.15) is 54.1 Å². The molecule has 5 aromatic rings. The van der Waals surface area contributed by atoms with Gasteiger partial charge in [0, 0.05) is 48.2 Å². The number of ether oxygens (including phenoxy) is 1. The highest BCUT2D eigenvalue weighted by molar-refractivity contribution is 7.91. The summed E-state index contributed by atoms with van der Waals surface area (Å²) in [6.45, 7) is -0.736. The minimum absolute atomic E-state index is 0.00553. The summed E-state index contributed by atoms with van der Waals surface area (Å²) < 4.78 is 104. The molecule has 0 N–H and O–H groups in total. The highest BCUT2D eigenvalue weighted by Gasteiger charge is 2.41. The SMILES string of the molecule is [2H]C([2H])([2H])c1nnn(C)c1-c1cnc2c3c(OCC)ncc(S(C)(=O)=O)c3n(C(c3ncccc3F)C3CCC(F)(F)CC3)c2c1. The van der Waals surface area contributed by atoms with E-state index in [-0.39, 0.29) is 74.8 Å². The number of halogens is 3. The van der Waals surface area contributed by atoms with E-state index < -0.39 is 53.2 Å². The Morgan fingerprint density at radius 2 is 1.98 bits per heavy atom. The number of aryl methyl sites for hydroxylation is 2. The third-order valence-electron chi connectivity index (χ3n) is 7.92. The van der Waals surface area contributed by atoms with E-state index in [4.69, 9.17) is 8.85 Å². The number of nitrogens with zero attached hydrogens (tertiary/aromatic N) is 7. The third kappa shape index (κ3) is 5.00. The van der Waals surface area contributed by atoms with E-state index in [9.17, 15) is 17.2 Å². The normalized spacial score (nSPS) is 18.0. The predicted octanol–water partition coefficient (Wildman–Crippen LogP) is 5.44. The van der Waals surface area contributed by atoms with Gasteiger partial charge < -0.3 is 9.30 Å². The second kappa shape index (κ2) is 10.6. The summed E-state index contributed by atoms with van der Waals surface area (Å²) >= 11 is 0. The van der Waals surface area contributed by atoms with Crippen LogP contribution in [0.3, 0.4) is 0 Å². The molecule has 43 heavy (non-hydrogen) atoms. The number of rotatable bonds is 7. The average molecular weight is 617 g/mol. The summed E-state index contributed by atoms with van der Waals surface area (Å²) in [6, 6.07) is 3.13. The molecule has 1 saturated carbocycles. The van der Waals surface area contributed by atoms with E-state index >= 15 is 4.39 Å². The van der Waals surface area contributed by atoms with Gasteiger partial charge in [0.25, 0.3) is 0 Å². The molecule has 0 spiro atoms. The van der Waals surface area contributed by atoms with Crippen molar-refractivity contribution in [2.75, 3.05) is 12.9 Å². The molecule has 5 heterocycles. The summed E-state index contributed by atoms with van der Waals surface area (Å²) in [5, 5.41) is 7.97. The quantitative estimate of drug-likeness (QED) is 0.237. The van der Waals surface area contributed by atoms with Crippen molar-refractivity contribution in [2.24, 2.45) is 13.0 Å². The molecule has 1 aliphatic carbocycles. The molecule has 10 nitrogen and oxygen atoms in total. The van der Waals surface area contributed by atoms with Gasteiger partial charge >= 0.3 is 0 Å². The molecule has 226 valence electrons. The average Bonchev–Trinajstić information content (AvgIpc) is 3.53. The summed E-state index contributed by atoms with van der Waals surface area (Å²) in [5.41, 5.74) is 0.639. The Morgan fingerprint density at radius 3 is 2.65 bits per heavy atom. The summed E-state index contributed by atoms with van der Waals surface area (Å²) in [6.07, 6.45) is 4.04. The second-order valence-corrected chi connectivity index (χ2v) is 12.7. The van der Waals surface area contributed by atoms with Crippen molar-refractivity contribution in [3.8, 4) is 17.1 Å². The Kier molecular flexibility index (Phi) is 6.26. The first kappa shape index (κ1) is 25.4. The third-order valence-corrected chi connectivity index (χ3v) is 9.02. The number of hydrogen-bond donors (Lipinski definition) is 0. The highest BCUT2D eigenvalue weighted by atomic mass is 32.2. The van der Waals surface area contributed by atoms with Gasteiger partial charge in [-0.2, -0.15) is 0 Å². The molecule has 1 unspecified atom stereocenters. The van der Waals surface area contributed by atoms with E-state index in [0.29, 0.717) is 0 Å². The van der Waals surface area contributed by atoms with Gasteiger partial charge in [0.1, 0.15) is 16.2 Å². The lowest BCUT2D eigenvalue weighted by atomic mass is 9.80.